The summed E-state index contributed by atoms with van der Waals surface area (Å²) in [6.45, 7) is 10.1. The molecule has 168 valence electrons. The van der Waals surface area contributed by atoms with Crippen LogP contribution in [0.4, 0.5) is 0 Å². The number of aryl methyl sites for hydroxylation is 1. The van der Waals surface area contributed by atoms with Crippen LogP contribution in [0.5, 0.6) is 0 Å². The summed E-state index contributed by atoms with van der Waals surface area (Å²) in [5.74, 6) is 0.895. The number of imidazole rings is 1. The Morgan fingerprint density at radius 1 is 1.23 bits per heavy atom. The molecule has 0 fully saturated rings. The van der Waals surface area contributed by atoms with Crippen molar-refractivity contribution in [3.8, 4) is 0 Å². The van der Waals surface area contributed by atoms with E-state index >= 15 is 0 Å². The molecule has 1 aromatic heterocycles. The molecule has 2 rings (SSSR count). The number of amides is 1. The molecule has 0 saturated heterocycles. The fraction of sp³-hybridized carbons (Fsp3) is 0.696. The lowest BCUT2D eigenvalue weighted by molar-refractivity contribution is -0.147. The highest BCUT2D eigenvalue weighted by Crippen LogP contribution is 2.18. The van der Waals surface area contributed by atoms with Gasteiger partial charge in [-0.1, -0.05) is 33.1 Å². The van der Waals surface area contributed by atoms with Gasteiger partial charge in [-0.05, 0) is 45.1 Å². The van der Waals surface area contributed by atoms with E-state index in [0.717, 1.165) is 62.4 Å². The van der Waals surface area contributed by atoms with Crippen molar-refractivity contribution in [3.05, 3.63) is 23.4 Å². The average Bonchev–Trinajstić information content (AvgIpc) is 3.05. The number of rotatable bonds is 13. The third kappa shape index (κ3) is 8.20. The molecular weight excluding hydrogens is 380 g/mol. The van der Waals surface area contributed by atoms with E-state index in [1.54, 1.807) is 6.92 Å². The van der Waals surface area contributed by atoms with Crippen LogP contribution in [-0.4, -0.2) is 45.9 Å². The molecule has 0 saturated carbocycles. The molecule has 1 aliphatic heterocycles. The van der Waals surface area contributed by atoms with Gasteiger partial charge in [0.1, 0.15) is 11.9 Å². The quantitative estimate of drug-likeness (QED) is 0.374. The minimum atomic E-state index is -0.533. The molecule has 1 amide bonds. The molecule has 0 unspecified atom stereocenters. The Morgan fingerprint density at radius 2 is 1.97 bits per heavy atom. The number of fused-ring (bicyclic) bond motifs is 1. The Morgan fingerprint density at radius 3 is 2.70 bits per heavy atom. The number of esters is 1. The van der Waals surface area contributed by atoms with E-state index in [4.69, 9.17) is 4.74 Å². The van der Waals surface area contributed by atoms with Crippen molar-refractivity contribution < 1.29 is 14.3 Å². The van der Waals surface area contributed by atoms with E-state index in [1.165, 1.54) is 0 Å². The summed E-state index contributed by atoms with van der Waals surface area (Å²) in [6.07, 6.45) is 10.6. The van der Waals surface area contributed by atoms with Crippen LogP contribution < -0.4 is 5.32 Å². The number of aromatic amines is 1. The second-order valence-corrected chi connectivity index (χ2v) is 8.49. The van der Waals surface area contributed by atoms with Gasteiger partial charge in [-0.25, -0.2) is 9.78 Å². The summed E-state index contributed by atoms with van der Waals surface area (Å²) in [5, 5.41) is 2.85. The molecule has 1 aliphatic rings. The fourth-order valence-electron chi connectivity index (χ4n) is 3.72. The van der Waals surface area contributed by atoms with Crippen LogP contribution in [0.25, 0.3) is 6.08 Å². The summed E-state index contributed by atoms with van der Waals surface area (Å²) in [4.78, 5) is 34.3. The van der Waals surface area contributed by atoms with E-state index in [-0.39, 0.29) is 11.9 Å². The molecule has 7 nitrogen and oxygen atoms in total. The molecule has 2 heterocycles. The minimum absolute atomic E-state index is 0.0581. The lowest BCUT2D eigenvalue weighted by Crippen LogP contribution is -2.42. The number of aromatic nitrogens is 2. The van der Waals surface area contributed by atoms with Crippen LogP contribution in [0.15, 0.2) is 6.20 Å². The third-order valence-electron chi connectivity index (χ3n) is 5.20. The number of hydrogen-bond donors (Lipinski definition) is 2. The van der Waals surface area contributed by atoms with E-state index in [1.807, 2.05) is 20.8 Å². The number of unbranched alkanes of at least 4 members (excludes halogenated alkanes) is 4. The van der Waals surface area contributed by atoms with E-state index in [9.17, 15) is 9.59 Å². The first-order chi connectivity index (χ1) is 14.4. The Balaban J connectivity index is 1.55. The number of hydrogen-bond acceptors (Lipinski definition) is 5. The standard InChI is InChI=1S/C23H38N4O3/c1-5-30-23(29)20(15-17(2)3)26-22(28)11-9-7-6-8-10-13-27-14-12-19-21(16-27)25-18(4)24-19/h12,14,17,20H,5-11,13,15-16H2,1-4H3,(H,24,25)(H,26,28)/t20-/m0/s1. The Bertz CT molecular complexity index is 711. The molecule has 30 heavy (non-hydrogen) atoms. The Labute approximate surface area is 180 Å². The van der Waals surface area contributed by atoms with Gasteiger partial charge in [0.15, 0.2) is 0 Å². The molecule has 1 aromatic rings. The van der Waals surface area contributed by atoms with Crippen LogP contribution in [-0.2, 0) is 20.9 Å². The van der Waals surface area contributed by atoms with Gasteiger partial charge in [0.05, 0.1) is 24.5 Å². The second-order valence-electron chi connectivity index (χ2n) is 8.49. The van der Waals surface area contributed by atoms with Gasteiger partial charge in [0.2, 0.25) is 5.91 Å². The van der Waals surface area contributed by atoms with Gasteiger partial charge in [-0.3, -0.25) is 4.79 Å². The molecule has 2 N–H and O–H groups in total. The topological polar surface area (TPSA) is 87.3 Å². The summed E-state index contributed by atoms with van der Waals surface area (Å²) in [7, 11) is 0. The van der Waals surface area contributed by atoms with Gasteiger partial charge in [-0.15, -0.1) is 0 Å². The lowest BCUT2D eigenvalue weighted by Gasteiger charge is -2.22. The fourth-order valence-corrected chi connectivity index (χ4v) is 3.72. The molecular formula is C23H38N4O3. The number of ether oxygens (including phenoxy) is 1. The predicted molar refractivity (Wildman–Crippen MR) is 118 cm³/mol. The van der Waals surface area contributed by atoms with Crippen molar-refractivity contribution in [2.24, 2.45) is 5.92 Å². The molecule has 0 spiro atoms. The van der Waals surface area contributed by atoms with Gasteiger partial charge in [-0.2, -0.15) is 0 Å². The normalized spacial score (nSPS) is 14.0. The highest BCUT2D eigenvalue weighted by molar-refractivity contribution is 5.84. The van der Waals surface area contributed by atoms with Crippen molar-refractivity contribution >= 4 is 18.0 Å². The van der Waals surface area contributed by atoms with Crippen molar-refractivity contribution in [1.82, 2.24) is 20.2 Å². The third-order valence-corrected chi connectivity index (χ3v) is 5.20. The number of carbonyl (C=O) groups excluding carboxylic acids is 2. The van der Waals surface area contributed by atoms with Crippen LogP contribution in [0.1, 0.15) is 82.9 Å². The number of carbonyl (C=O) groups is 2. The Hall–Kier alpha value is -2.31. The highest BCUT2D eigenvalue weighted by Gasteiger charge is 2.22. The number of nitrogens with zero attached hydrogens (tertiary/aromatic N) is 2. The van der Waals surface area contributed by atoms with E-state index < -0.39 is 6.04 Å². The Kier molecular flexibility index (Phi) is 9.91. The zero-order chi connectivity index (χ0) is 21.9. The number of nitrogens with one attached hydrogen (secondary N) is 2. The maximum atomic E-state index is 12.2. The van der Waals surface area contributed by atoms with E-state index in [0.29, 0.717) is 25.4 Å². The van der Waals surface area contributed by atoms with Gasteiger partial charge in [0, 0.05) is 19.2 Å². The van der Waals surface area contributed by atoms with Crippen LogP contribution in [0.2, 0.25) is 0 Å². The molecule has 0 bridgehead atoms. The first kappa shape index (κ1) is 24.0. The summed E-state index contributed by atoms with van der Waals surface area (Å²) in [6, 6.07) is -0.533. The van der Waals surface area contributed by atoms with Gasteiger partial charge < -0.3 is 19.9 Å². The summed E-state index contributed by atoms with van der Waals surface area (Å²) in [5.41, 5.74) is 2.25. The zero-order valence-corrected chi connectivity index (χ0v) is 19.0. The number of H-pyrrole nitrogens is 1. The maximum absolute atomic E-state index is 12.2. The highest BCUT2D eigenvalue weighted by atomic mass is 16.5. The van der Waals surface area contributed by atoms with Crippen molar-refractivity contribution in [2.45, 2.75) is 85.2 Å². The summed E-state index contributed by atoms with van der Waals surface area (Å²) >= 11 is 0. The second kappa shape index (κ2) is 12.4. The van der Waals surface area contributed by atoms with Crippen molar-refractivity contribution in [1.29, 1.82) is 0 Å². The van der Waals surface area contributed by atoms with Gasteiger partial charge >= 0.3 is 5.97 Å². The van der Waals surface area contributed by atoms with Crippen LogP contribution in [0, 0.1) is 12.8 Å². The molecule has 7 heteroatoms. The van der Waals surface area contributed by atoms with Gasteiger partial charge in [0.25, 0.3) is 0 Å². The zero-order valence-electron chi connectivity index (χ0n) is 19.0. The predicted octanol–water partition coefficient (Wildman–Crippen LogP) is 3.94. The van der Waals surface area contributed by atoms with E-state index in [2.05, 4.69) is 32.5 Å². The first-order valence-corrected chi connectivity index (χ1v) is 11.3. The van der Waals surface area contributed by atoms with Crippen molar-refractivity contribution in [2.75, 3.05) is 13.2 Å². The lowest BCUT2D eigenvalue weighted by atomic mass is 10.0. The first-order valence-electron chi connectivity index (χ1n) is 11.3. The van der Waals surface area contributed by atoms with Crippen LogP contribution in [0.3, 0.4) is 0 Å². The minimum Gasteiger partial charge on any atom is -0.464 e. The molecule has 0 aromatic carbocycles. The smallest absolute Gasteiger partial charge is 0.328 e. The SMILES string of the molecule is CCOC(=O)[C@H](CC(C)C)NC(=O)CCCCCCCN1C=Cc2[nH]c(C)nc2C1. The summed E-state index contributed by atoms with van der Waals surface area (Å²) < 4.78 is 5.08. The molecule has 0 aliphatic carbocycles. The maximum Gasteiger partial charge on any atom is 0.328 e. The molecule has 1 atom stereocenters. The van der Waals surface area contributed by atoms with Crippen LogP contribution >= 0.6 is 0 Å². The van der Waals surface area contributed by atoms with Crippen molar-refractivity contribution in [3.63, 3.8) is 0 Å². The largest absolute Gasteiger partial charge is 0.464 e. The molecule has 0 radical (unpaired) electrons. The monoisotopic (exact) mass is 418 g/mol. The average molecular weight is 419 g/mol.